The second-order valence-corrected chi connectivity index (χ2v) is 8.36. The van der Waals surface area contributed by atoms with Crippen LogP contribution < -0.4 is 15.9 Å². The standard InChI is InChI=1S/C18H24F3N5O3S/c1-17(2,3)12-4-6-13(7-5-12)28-10-14-24-25-15(26(14)22)30-9-8-23-16(27)29-11-18(19,20)21/h4-7H,8-11,22H2,1-3H3,(H,23,27). The van der Waals surface area contributed by atoms with Gasteiger partial charge in [-0.3, -0.25) is 0 Å². The van der Waals surface area contributed by atoms with Crippen LogP contribution in [0.5, 0.6) is 5.75 Å². The van der Waals surface area contributed by atoms with Crippen LogP contribution >= 0.6 is 11.8 Å². The van der Waals surface area contributed by atoms with E-state index in [2.05, 4.69) is 41.0 Å². The topological polar surface area (TPSA) is 104 Å². The zero-order chi connectivity index (χ0) is 22.4. The molecule has 2 aromatic rings. The maximum absolute atomic E-state index is 12.0. The van der Waals surface area contributed by atoms with Gasteiger partial charge in [-0.15, -0.1) is 10.2 Å². The lowest BCUT2D eigenvalue weighted by atomic mass is 9.87. The number of hydrogen-bond donors (Lipinski definition) is 2. The normalized spacial score (nSPS) is 11.9. The fourth-order valence-electron chi connectivity index (χ4n) is 2.20. The molecule has 0 aliphatic carbocycles. The van der Waals surface area contributed by atoms with E-state index in [-0.39, 0.29) is 18.6 Å². The van der Waals surface area contributed by atoms with Crippen LogP contribution in [-0.4, -0.2) is 46.0 Å². The van der Waals surface area contributed by atoms with Crippen LogP contribution in [-0.2, 0) is 16.8 Å². The third-order valence-electron chi connectivity index (χ3n) is 3.79. The third-order valence-corrected chi connectivity index (χ3v) is 4.74. The molecule has 0 aliphatic heterocycles. The summed E-state index contributed by atoms with van der Waals surface area (Å²) in [5.41, 5.74) is 1.23. The number of thioether (sulfide) groups is 1. The van der Waals surface area contributed by atoms with Crippen molar-refractivity contribution in [2.24, 2.45) is 0 Å². The van der Waals surface area contributed by atoms with Crippen molar-refractivity contribution >= 4 is 17.9 Å². The second-order valence-electron chi connectivity index (χ2n) is 7.30. The van der Waals surface area contributed by atoms with Crippen molar-refractivity contribution in [2.45, 2.75) is 44.1 Å². The Morgan fingerprint density at radius 3 is 2.47 bits per heavy atom. The van der Waals surface area contributed by atoms with E-state index >= 15 is 0 Å². The SMILES string of the molecule is CC(C)(C)c1ccc(OCc2nnc(SCCNC(=O)OCC(F)(F)F)n2N)cc1. The highest BCUT2D eigenvalue weighted by Crippen LogP contribution is 2.24. The minimum Gasteiger partial charge on any atom is -0.486 e. The van der Waals surface area contributed by atoms with Crippen LogP contribution in [0.2, 0.25) is 0 Å². The van der Waals surface area contributed by atoms with Crippen molar-refractivity contribution < 1.29 is 27.4 Å². The number of benzene rings is 1. The molecule has 3 N–H and O–H groups in total. The molecule has 0 radical (unpaired) electrons. The number of hydrogen-bond acceptors (Lipinski definition) is 7. The molecule has 0 atom stereocenters. The number of aromatic nitrogens is 3. The summed E-state index contributed by atoms with van der Waals surface area (Å²) in [7, 11) is 0. The van der Waals surface area contributed by atoms with Crippen LogP contribution in [0.4, 0.5) is 18.0 Å². The van der Waals surface area contributed by atoms with Gasteiger partial charge in [0.15, 0.2) is 12.4 Å². The van der Waals surface area contributed by atoms with Gasteiger partial charge in [0, 0.05) is 12.3 Å². The molecule has 12 heteroatoms. The van der Waals surface area contributed by atoms with Gasteiger partial charge in [-0.05, 0) is 23.1 Å². The predicted molar refractivity (Wildman–Crippen MR) is 106 cm³/mol. The summed E-state index contributed by atoms with van der Waals surface area (Å²) >= 11 is 1.18. The number of ether oxygens (including phenoxy) is 2. The second kappa shape index (κ2) is 9.92. The summed E-state index contributed by atoms with van der Waals surface area (Å²) in [6, 6.07) is 7.74. The molecule has 0 spiro atoms. The highest BCUT2D eigenvalue weighted by Gasteiger charge is 2.29. The summed E-state index contributed by atoms with van der Waals surface area (Å²) in [6.45, 7) is 4.92. The molecule has 2 rings (SSSR count). The lowest BCUT2D eigenvalue weighted by Crippen LogP contribution is -2.30. The smallest absolute Gasteiger partial charge is 0.422 e. The Hall–Kier alpha value is -2.63. The molecule has 1 heterocycles. The number of nitrogens with one attached hydrogen (secondary N) is 1. The zero-order valence-electron chi connectivity index (χ0n) is 16.8. The summed E-state index contributed by atoms with van der Waals surface area (Å²) in [5.74, 6) is 7.32. The number of nitrogens with two attached hydrogens (primary N) is 1. The summed E-state index contributed by atoms with van der Waals surface area (Å²) in [6.07, 6.45) is -5.71. The summed E-state index contributed by atoms with van der Waals surface area (Å²) in [4.78, 5) is 11.2. The molecule has 1 aromatic carbocycles. The lowest BCUT2D eigenvalue weighted by molar-refractivity contribution is -0.160. The van der Waals surface area contributed by atoms with E-state index < -0.39 is 18.9 Å². The van der Waals surface area contributed by atoms with Crippen LogP contribution in [0.15, 0.2) is 29.4 Å². The molecular formula is C18H24F3N5O3S. The maximum Gasteiger partial charge on any atom is 0.422 e. The predicted octanol–water partition coefficient (Wildman–Crippen LogP) is 3.25. The van der Waals surface area contributed by atoms with Crippen molar-refractivity contribution in [1.82, 2.24) is 20.2 Å². The average molecular weight is 447 g/mol. The summed E-state index contributed by atoms with van der Waals surface area (Å²) < 4.78 is 46.8. The van der Waals surface area contributed by atoms with Gasteiger partial charge in [0.2, 0.25) is 5.16 Å². The van der Waals surface area contributed by atoms with E-state index in [9.17, 15) is 18.0 Å². The maximum atomic E-state index is 12.0. The van der Waals surface area contributed by atoms with E-state index in [1.165, 1.54) is 22.0 Å². The molecule has 1 amide bonds. The van der Waals surface area contributed by atoms with Gasteiger partial charge in [0.05, 0.1) is 0 Å². The van der Waals surface area contributed by atoms with E-state index in [1.807, 2.05) is 24.3 Å². The van der Waals surface area contributed by atoms with Crippen molar-refractivity contribution in [3.63, 3.8) is 0 Å². The van der Waals surface area contributed by atoms with E-state index in [0.717, 1.165) is 0 Å². The number of alkyl carbamates (subject to hydrolysis) is 1. The third kappa shape index (κ3) is 7.65. The first kappa shape index (κ1) is 23.6. The number of halogens is 3. The van der Waals surface area contributed by atoms with E-state index in [4.69, 9.17) is 10.6 Å². The highest BCUT2D eigenvalue weighted by molar-refractivity contribution is 7.99. The van der Waals surface area contributed by atoms with Gasteiger partial charge < -0.3 is 20.6 Å². The highest BCUT2D eigenvalue weighted by atomic mass is 32.2. The van der Waals surface area contributed by atoms with E-state index in [1.54, 1.807) is 0 Å². The Bertz CT molecular complexity index is 835. The van der Waals surface area contributed by atoms with Gasteiger partial charge in [-0.2, -0.15) is 13.2 Å². The number of amides is 1. The Morgan fingerprint density at radius 1 is 1.20 bits per heavy atom. The van der Waals surface area contributed by atoms with Gasteiger partial charge in [0.1, 0.15) is 12.4 Å². The number of alkyl halides is 3. The van der Waals surface area contributed by atoms with Crippen LogP contribution in [0, 0.1) is 0 Å². The molecular weight excluding hydrogens is 423 g/mol. The molecule has 166 valence electrons. The van der Waals surface area contributed by atoms with Gasteiger partial charge >= 0.3 is 12.3 Å². The number of carbonyl (C=O) groups excluding carboxylic acids is 1. The molecule has 1 aromatic heterocycles. The molecule has 0 bridgehead atoms. The lowest BCUT2D eigenvalue weighted by Gasteiger charge is -2.19. The minimum absolute atomic E-state index is 0.0476. The Morgan fingerprint density at radius 2 is 1.87 bits per heavy atom. The molecule has 0 unspecified atom stereocenters. The molecule has 0 saturated heterocycles. The van der Waals surface area contributed by atoms with Gasteiger partial charge in [-0.1, -0.05) is 44.7 Å². The van der Waals surface area contributed by atoms with Crippen molar-refractivity contribution in [3.8, 4) is 5.75 Å². The Kier molecular flexibility index (Phi) is 7.82. The molecule has 0 aliphatic rings. The Balaban J connectivity index is 1.76. The number of nitrogens with zero attached hydrogens (tertiary/aromatic N) is 3. The van der Waals surface area contributed by atoms with Crippen molar-refractivity contribution in [3.05, 3.63) is 35.7 Å². The quantitative estimate of drug-likeness (QED) is 0.364. The fraction of sp³-hybridized carbons (Fsp3) is 0.500. The van der Waals surface area contributed by atoms with Crippen LogP contribution in [0.3, 0.4) is 0 Å². The summed E-state index contributed by atoms with van der Waals surface area (Å²) in [5, 5.41) is 10.5. The van der Waals surface area contributed by atoms with Crippen molar-refractivity contribution in [2.75, 3.05) is 24.7 Å². The first-order chi connectivity index (χ1) is 14.0. The van der Waals surface area contributed by atoms with Gasteiger partial charge in [0.25, 0.3) is 0 Å². The number of nitrogen functional groups attached to an aromatic ring is 1. The average Bonchev–Trinajstić information content (AvgIpc) is 3.01. The molecule has 0 saturated carbocycles. The fourth-order valence-corrected chi connectivity index (χ4v) is 2.93. The van der Waals surface area contributed by atoms with Crippen molar-refractivity contribution in [1.29, 1.82) is 0 Å². The first-order valence-electron chi connectivity index (χ1n) is 8.98. The molecule has 0 fully saturated rings. The van der Waals surface area contributed by atoms with Crippen LogP contribution in [0.25, 0.3) is 0 Å². The van der Waals surface area contributed by atoms with Crippen LogP contribution in [0.1, 0.15) is 32.2 Å². The number of carbonyl (C=O) groups is 1. The van der Waals surface area contributed by atoms with Gasteiger partial charge in [-0.25, -0.2) is 9.47 Å². The first-order valence-corrected chi connectivity index (χ1v) is 9.97. The zero-order valence-corrected chi connectivity index (χ0v) is 17.6. The van der Waals surface area contributed by atoms with E-state index in [0.29, 0.717) is 22.5 Å². The molecule has 8 nitrogen and oxygen atoms in total. The monoisotopic (exact) mass is 447 g/mol. The number of rotatable bonds is 8. The molecule has 30 heavy (non-hydrogen) atoms. The minimum atomic E-state index is -4.56. The Labute approximate surface area is 176 Å². The largest absolute Gasteiger partial charge is 0.486 e.